The van der Waals surface area contributed by atoms with E-state index in [2.05, 4.69) is 20.9 Å². The number of ether oxygens (including phenoxy) is 2. The maximum absolute atomic E-state index is 12.7. The number of para-hydroxylation sites is 1. The van der Waals surface area contributed by atoms with Gasteiger partial charge in [-0.3, -0.25) is 9.48 Å². The Morgan fingerprint density at radius 3 is 2.55 bits per heavy atom. The summed E-state index contributed by atoms with van der Waals surface area (Å²) in [6.45, 7) is 0.0861. The van der Waals surface area contributed by atoms with Crippen LogP contribution in [0, 0.1) is 22.7 Å². The summed E-state index contributed by atoms with van der Waals surface area (Å²) in [4.78, 5) is 17.1. The summed E-state index contributed by atoms with van der Waals surface area (Å²) >= 11 is 3.38. The van der Waals surface area contributed by atoms with Gasteiger partial charge < -0.3 is 15.2 Å². The van der Waals surface area contributed by atoms with E-state index >= 15 is 0 Å². The van der Waals surface area contributed by atoms with E-state index in [0.29, 0.717) is 21.6 Å². The number of pyridine rings is 1. The van der Waals surface area contributed by atoms with Crippen LogP contribution < -0.4 is 20.8 Å². The van der Waals surface area contributed by atoms with Crippen LogP contribution in [-0.4, -0.2) is 21.5 Å². The Morgan fingerprint density at radius 1 is 1.21 bits per heavy atom. The molecule has 1 aromatic carbocycles. The molecule has 0 amide bonds. The first-order valence-electron chi connectivity index (χ1n) is 9.59. The number of nitrogens with two attached hydrogens (primary N) is 1. The molecule has 166 valence electrons. The molecule has 2 heterocycles. The van der Waals surface area contributed by atoms with E-state index in [4.69, 9.17) is 25.7 Å². The van der Waals surface area contributed by atoms with Crippen LogP contribution >= 0.6 is 15.9 Å². The summed E-state index contributed by atoms with van der Waals surface area (Å²) in [6, 6.07) is 16.1. The van der Waals surface area contributed by atoms with Crippen molar-refractivity contribution in [3.8, 4) is 29.5 Å². The molecule has 0 radical (unpaired) electrons. The van der Waals surface area contributed by atoms with Gasteiger partial charge in [0.15, 0.2) is 11.3 Å². The summed E-state index contributed by atoms with van der Waals surface area (Å²) in [5.74, 6) is 0.601. The second-order valence-corrected chi connectivity index (χ2v) is 7.45. The largest absolute Gasteiger partial charge is 0.482 e. The van der Waals surface area contributed by atoms with Gasteiger partial charge in [0, 0.05) is 7.05 Å². The number of halogens is 1. The molecule has 2 N–H and O–H groups in total. The Bertz CT molecular complexity index is 1360. The first-order valence-corrected chi connectivity index (χ1v) is 10.4. The molecule has 0 aliphatic rings. The standard InChI is InChI=1S/C23H19BrN6O3/c1-29-19(21(24)23(31)30(29)17-6-4-3-5-7-17)14-33-20-11-9-16(28-22(20)32-2)8-10-18(27)15(12-25)13-26/h3-11H,14,27H2,1-2H3/b10-8+. The van der Waals surface area contributed by atoms with Crippen molar-refractivity contribution in [3.63, 3.8) is 0 Å². The molecule has 0 spiro atoms. The zero-order valence-corrected chi connectivity index (χ0v) is 19.4. The third kappa shape index (κ3) is 4.97. The third-order valence-electron chi connectivity index (χ3n) is 4.68. The molecule has 0 aliphatic carbocycles. The lowest BCUT2D eigenvalue weighted by Gasteiger charge is -2.13. The number of nitrogens with zero attached hydrogens (tertiary/aromatic N) is 5. The minimum absolute atomic E-state index is 0.0368. The number of benzene rings is 1. The summed E-state index contributed by atoms with van der Waals surface area (Å²) in [7, 11) is 3.23. The summed E-state index contributed by atoms with van der Waals surface area (Å²) in [5, 5.41) is 17.7. The molecule has 2 aromatic heterocycles. The van der Waals surface area contributed by atoms with E-state index in [1.165, 1.54) is 13.2 Å². The van der Waals surface area contributed by atoms with Gasteiger partial charge in [0.05, 0.1) is 29.9 Å². The van der Waals surface area contributed by atoms with Crippen LogP contribution in [0.4, 0.5) is 0 Å². The zero-order valence-electron chi connectivity index (χ0n) is 17.8. The lowest BCUT2D eigenvalue weighted by atomic mass is 10.2. The van der Waals surface area contributed by atoms with Crippen LogP contribution in [0.2, 0.25) is 0 Å². The molecule has 0 aliphatic heterocycles. The minimum Gasteiger partial charge on any atom is -0.482 e. The first kappa shape index (κ1) is 23.4. The number of hydrogen-bond acceptors (Lipinski definition) is 7. The van der Waals surface area contributed by atoms with Gasteiger partial charge >= 0.3 is 0 Å². The molecule has 3 aromatic rings. The van der Waals surface area contributed by atoms with Crippen molar-refractivity contribution >= 4 is 22.0 Å². The van der Waals surface area contributed by atoms with Gasteiger partial charge in [-0.2, -0.15) is 10.5 Å². The molecule has 0 bridgehead atoms. The Balaban J connectivity index is 1.85. The normalized spacial score (nSPS) is 10.5. The van der Waals surface area contributed by atoms with Crippen LogP contribution in [-0.2, 0) is 13.7 Å². The summed E-state index contributed by atoms with van der Waals surface area (Å²) in [5.41, 5.74) is 7.22. The average Bonchev–Trinajstić information content (AvgIpc) is 3.05. The van der Waals surface area contributed by atoms with Gasteiger partial charge in [0.25, 0.3) is 11.4 Å². The highest BCUT2D eigenvalue weighted by Gasteiger charge is 2.18. The summed E-state index contributed by atoms with van der Waals surface area (Å²) in [6.07, 6.45) is 2.97. The predicted molar refractivity (Wildman–Crippen MR) is 125 cm³/mol. The third-order valence-corrected chi connectivity index (χ3v) is 5.47. The van der Waals surface area contributed by atoms with Gasteiger partial charge in [0.2, 0.25) is 0 Å². The molecule has 0 saturated carbocycles. The highest BCUT2D eigenvalue weighted by molar-refractivity contribution is 9.10. The molecule has 33 heavy (non-hydrogen) atoms. The number of aromatic nitrogens is 3. The monoisotopic (exact) mass is 506 g/mol. The lowest BCUT2D eigenvalue weighted by Crippen LogP contribution is -2.19. The maximum Gasteiger partial charge on any atom is 0.286 e. The molecular formula is C23H19BrN6O3. The fourth-order valence-corrected chi connectivity index (χ4v) is 3.52. The van der Waals surface area contributed by atoms with Gasteiger partial charge in [-0.1, -0.05) is 18.2 Å². The van der Waals surface area contributed by atoms with E-state index in [1.807, 2.05) is 30.3 Å². The van der Waals surface area contributed by atoms with E-state index in [1.54, 1.807) is 46.8 Å². The van der Waals surface area contributed by atoms with Gasteiger partial charge in [-0.15, -0.1) is 0 Å². The fraction of sp³-hybridized carbons (Fsp3) is 0.130. The van der Waals surface area contributed by atoms with Crippen LogP contribution in [0.3, 0.4) is 0 Å². The number of nitriles is 2. The zero-order chi connectivity index (χ0) is 24.0. The molecule has 0 fully saturated rings. The fourth-order valence-electron chi connectivity index (χ4n) is 2.98. The average molecular weight is 507 g/mol. The van der Waals surface area contributed by atoms with E-state index < -0.39 is 0 Å². The number of allylic oxidation sites excluding steroid dienone is 2. The maximum atomic E-state index is 12.7. The highest BCUT2D eigenvalue weighted by Crippen LogP contribution is 2.27. The Hall–Kier alpha value is -4.28. The van der Waals surface area contributed by atoms with Crippen molar-refractivity contribution < 1.29 is 9.47 Å². The number of methoxy groups -OCH3 is 1. The van der Waals surface area contributed by atoms with Crippen molar-refractivity contribution in [2.75, 3.05) is 7.11 Å². The van der Waals surface area contributed by atoms with Crippen molar-refractivity contribution in [2.45, 2.75) is 6.61 Å². The molecule has 3 rings (SSSR count). The van der Waals surface area contributed by atoms with Gasteiger partial charge in [0.1, 0.15) is 23.2 Å². The lowest BCUT2D eigenvalue weighted by molar-refractivity contribution is 0.269. The Morgan fingerprint density at radius 2 is 1.91 bits per heavy atom. The second kappa shape index (κ2) is 10.4. The molecular weight excluding hydrogens is 488 g/mol. The van der Waals surface area contributed by atoms with E-state index in [-0.39, 0.29) is 29.3 Å². The van der Waals surface area contributed by atoms with E-state index in [0.717, 1.165) is 5.69 Å². The van der Waals surface area contributed by atoms with Gasteiger partial charge in [-0.05, 0) is 52.3 Å². The van der Waals surface area contributed by atoms with Crippen LogP contribution in [0.5, 0.6) is 11.6 Å². The van der Waals surface area contributed by atoms with Gasteiger partial charge in [-0.25, -0.2) is 9.67 Å². The van der Waals surface area contributed by atoms with Crippen LogP contribution in [0.25, 0.3) is 11.8 Å². The summed E-state index contributed by atoms with van der Waals surface area (Å²) < 4.78 is 14.9. The number of rotatable bonds is 7. The quantitative estimate of drug-likeness (QED) is 0.384. The Labute approximate surface area is 198 Å². The molecule has 0 saturated heterocycles. The Kier molecular flexibility index (Phi) is 7.34. The minimum atomic E-state index is -0.201. The molecule has 0 atom stereocenters. The highest BCUT2D eigenvalue weighted by atomic mass is 79.9. The molecule has 9 nitrogen and oxygen atoms in total. The van der Waals surface area contributed by atoms with E-state index in [9.17, 15) is 4.79 Å². The van der Waals surface area contributed by atoms with Crippen molar-refractivity contribution in [1.29, 1.82) is 10.5 Å². The smallest absolute Gasteiger partial charge is 0.286 e. The SMILES string of the molecule is COc1nc(/C=C/C(N)=C(C#N)C#N)ccc1OCc1c(Br)c(=O)n(-c2ccccc2)n1C. The second-order valence-electron chi connectivity index (χ2n) is 6.66. The molecule has 10 heteroatoms. The number of hydrogen-bond donors (Lipinski definition) is 1. The predicted octanol–water partition coefficient (Wildman–Crippen LogP) is 3.19. The molecule has 0 unspecified atom stereocenters. The van der Waals surface area contributed by atoms with Crippen LogP contribution in [0.15, 0.2) is 69.1 Å². The van der Waals surface area contributed by atoms with Crippen molar-refractivity contribution in [3.05, 3.63) is 86.0 Å². The topological polar surface area (TPSA) is 132 Å². The van der Waals surface area contributed by atoms with Crippen molar-refractivity contribution in [1.82, 2.24) is 14.3 Å². The van der Waals surface area contributed by atoms with Crippen molar-refractivity contribution in [2.24, 2.45) is 12.8 Å². The first-order chi connectivity index (χ1) is 15.9. The van der Waals surface area contributed by atoms with Crippen LogP contribution in [0.1, 0.15) is 11.4 Å².